The van der Waals surface area contributed by atoms with Crippen LogP contribution >= 0.6 is 0 Å². The van der Waals surface area contributed by atoms with Gasteiger partial charge in [0, 0.05) is 12.6 Å². The summed E-state index contributed by atoms with van der Waals surface area (Å²) in [6, 6.07) is 1.50. The summed E-state index contributed by atoms with van der Waals surface area (Å²) in [7, 11) is 0. The Kier molecular flexibility index (Phi) is 6.28. The number of nitrogens with two attached hydrogens (primary N) is 1. The molecule has 1 rings (SSSR count). The molecule has 0 aliphatic rings. The number of carbonyl (C=O) groups excluding carboxylic acids is 1. The molecule has 0 saturated heterocycles. The van der Waals surface area contributed by atoms with Gasteiger partial charge in [-0.05, 0) is 6.07 Å². The Morgan fingerprint density at radius 2 is 2.00 bits per heavy atom. The topological polar surface area (TPSA) is 68.9 Å². The normalized spacial score (nSPS) is 8.79. The van der Waals surface area contributed by atoms with Crippen LogP contribution in [0.4, 0.5) is 0 Å². The number of hydrogen-bond acceptors (Lipinski definition) is 3. The Labute approximate surface area is 84.6 Å². The first-order chi connectivity index (χ1) is 6.65. The zero-order chi connectivity index (χ0) is 11.0. The van der Waals surface area contributed by atoms with Crippen molar-refractivity contribution in [2.75, 3.05) is 0 Å². The van der Waals surface area contributed by atoms with Crippen molar-refractivity contribution in [3.8, 4) is 0 Å². The van der Waals surface area contributed by atoms with Crippen molar-refractivity contribution < 1.29 is 4.79 Å². The fourth-order valence-electron chi connectivity index (χ4n) is 0.707. The molecule has 1 aromatic heterocycles. The minimum absolute atomic E-state index is 0.275. The Balaban J connectivity index is 0.000000500. The van der Waals surface area contributed by atoms with E-state index in [2.05, 4.69) is 23.8 Å². The smallest absolute Gasteiger partial charge is 0.267 e. The first-order valence-corrected chi connectivity index (χ1v) is 4.77. The van der Waals surface area contributed by atoms with Crippen LogP contribution in [0.1, 0.15) is 43.5 Å². The van der Waals surface area contributed by atoms with Gasteiger partial charge in [-0.2, -0.15) is 0 Å². The van der Waals surface area contributed by atoms with Crippen LogP contribution in [-0.4, -0.2) is 15.9 Å². The zero-order valence-electron chi connectivity index (χ0n) is 8.95. The number of carbonyl (C=O) groups is 1. The highest BCUT2D eigenvalue weighted by Crippen LogP contribution is 1.94. The van der Waals surface area contributed by atoms with E-state index in [1.807, 2.05) is 6.92 Å². The third-order valence-corrected chi connectivity index (χ3v) is 1.27. The first kappa shape index (κ1) is 12.6. The van der Waals surface area contributed by atoms with E-state index in [0.717, 1.165) is 0 Å². The number of aromatic nitrogens is 2. The van der Waals surface area contributed by atoms with Gasteiger partial charge in [-0.1, -0.05) is 27.2 Å². The van der Waals surface area contributed by atoms with Gasteiger partial charge in [0.2, 0.25) is 0 Å². The summed E-state index contributed by atoms with van der Waals surface area (Å²) in [4.78, 5) is 18.4. The molecule has 0 spiro atoms. The molecule has 2 N–H and O–H groups in total. The number of aryl methyl sites for hydroxylation is 1. The molecule has 78 valence electrons. The summed E-state index contributed by atoms with van der Waals surface area (Å²) >= 11 is 0. The van der Waals surface area contributed by atoms with Crippen LogP contribution in [0.15, 0.2) is 12.3 Å². The molecule has 0 unspecified atom stereocenters. The van der Waals surface area contributed by atoms with Gasteiger partial charge in [-0.3, -0.25) is 4.79 Å². The fourth-order valence-corrected chi connectivity index (χ4v) is 0.707. The summed E-state index contributed by atoms with van der Waals surface area (Å²) in [5.41, 5.74) is 5.28. The highest BCUT2D eigenvalue weighted by Gasteiger charge is 2.01. The average Bonchev–Trinajstić information content (AvgIpc) is 2.19. The van der Waals surface area contributed by atoms with Gasteiger partial charge in [0.05, 0.1) is 0 Å². The van der Waals surface area contributed by atoms with Gasteiger partial charge in [0.15, 0.2) is 0 Å². The maximum absolute atomic E-state index is 10.6. The molecule has 0 radical (unpaired) electrons. The third kappa shape index (κ3) is 4.54. The van der Waals surface area contributed by atoms with E-state index in [4.69, 9.17) is 5.73 Å². The lowest BCUT2D eigenvalue weighted by Crippen LogP contribution is -2.14. The highest BCUT2D eigenvalue weighted by atomic mass is 16.1. The van der Waals surface area contributed by atoms with E-state index < -0.39 is 5.91 Å². The molecule has 0 aromatic carbocycles. The summed E-state index contributed by atoms with van der Waals surface area (Å²) in [5, 5.41) is 0. The molecule has 0 saturated carbocycles. The molecule has 14 heavy (non-hydrogen) atoms. The molecule has 1 aromatic rings. The molecular formula is C10H17N3O. The molecule has 0 aliphatic carbocycles. The summed E-state index contributed by atoms with van der Waals surface area (Å²) < 4.78 is 0. The minimum atomic E-state index is -0.512. The molecule has 0 aliphatic heterocycles. The fraction of sp³-hybridized carbons (Fsp3) is 0.500. The van der Waals surface area contributed by atoms with Gasteiger partial charge >= 0.3 is 0 Å². The number of rotatable bonds is 2. The Morgan fingerprint density at radius 1 is 1.43 bits per heavy atom. The van der Waals surface area contributed by atoms with Crippen molar-refractivity contribution in [3.05, 3.63) is 23.8 Å². The van der Waals surface area contributed by atoms with Crippen molar-refractivity contribution in [1.82, 2.24) is 9.97 Å². The zero-order valence-corrected chi connectivity index (χ0v) is 8.95. The second-order valence-corrected chi connectivity index (χ2v) is 2.78. The number of hydrogen-bond donors (Lipinski definition) is 1. The van der Waals surface area contributed by atoms with E-state index >= 15 is 0 Å². The monoisotopic (exact) mass is 195 g/mol. The summed E-state index contributed by atoms with van der Waals surface area (Å²) in [6.07, 6.45) is 3.49. The quantitative estimate of drug-likeness (QED) is 0.778. The van der Waals surface area contributed by atoms with E-state index in [0.29, 0.717) is 12.2 Å². The Bertz CT molecular complexity index is 286. The maximum atomic E-state index is 10.6. The van der Waals surface area contributed by atoms with Crippen LogP contribution in [0, 0.1) is 0 Å². The Hall–Kier alpha value is -1.45. The van der Waals surface area contributed by atoms with E-state index in [9.17, 15) is 4.79 Å². The highest BCUT2D eigenvalue weighted by molar-refractivity contribution is 5.90. The van der Waals surface area contributed by atoms with Crippen LogP contribution < -0.4 is 5.73 Å². The van der Waals surface area contributed by atoms with Gasteiger partial charge in [-0.25, -0.2) is 9.97 Å². The van der Waals surface area contributed by atoms with E-state index in [1.54, 1.807) is 0 Å². The predicted octanol–water partition coefficient (Wildman–Crippen LogP) is 1.55. The number of amides is 1. The number of nitrogens with zero attached hydrogens (tertiary/aromatic N) is 2. The van der Waals surface area contributed by atoms with Gasteiger partial charge in [0.25, 0.3) is 5.91 Å². The molecular weight excluding hydrogens is 178 g/mol. The third-order valence-electron chi connectivity index (χ3n) is 1.27. The van der Waals surface area contributed by atoms with Crippen molar-refractivity contribution in [2.24, 2.45) is 5.73 Å². The van der Waals surface area contributed by atoms with Gasteiger partial charge in [-0.15, -0.1) is 0 Å². The van der Waals surface area contributed by atoms with Gasteiger partial charge in [0.1, 0.15) is 11.5 Å². The van der Waals surface area contributed by atoms with Crippen molar-refractivity contribution in [2.45, 2.75) is 33.6 Å². The molecule has 4 nitrogen and oxygen atoms in total. The largest absolute Gasteiger partial charge is 0.364 e. The van der Waals surface area contributed by atoms with Crippen molar-refractivity contribution in [3.63, 3.8) is 0 Å². The maximum Gasteiger partial charge on any atom is 0.267 e. The van der Waals surface area contributed by atoms with Crippen molar-refractivity contribution in [1.29, 1.82) is 0 Å². The Morgan fingerprint density at radius 3 is 2.43 bits per heavy atom. The molecule has 0 atom stereocenters. The molecule has 4 heteroatoms. The van der Waals surface area contributed by atoms with Crippen molar-refractivity contribution >= 4 is 5.91 Å². The van der Waals surface area contributed by atoms with Crippen LogP contribution in [0.5, 0.6) is 0 Å². The average molecular weight is 195 g/mol. The first-order valence-electron chi connectivity index (χ1n) is 4.77. The lowest BCUT2D eigenvalue weighted by Gasteiger charge is -1.95. The lowest BCUT2D eigenvalue weighted by molar-refractivity contribution is 0.0995. The molecule has 0 fully saturated rings. The second kappa shape index (κ2) is 7.00. The predicted molar refractivity (Wildman–Crippen MR) is 55.9 cm³/mol. The number of primary amides is 1. The van der Waals surface area contributed by atoms with Crippen LogP contribution in [0.3, 0.4) is 0 Å². The molecule has 0 bridgehead atoms. The van der Waals surface area contributed by atoms with Gasteiger partial charge < -0.3 is 5.73 Å². The van der Waals surface area contributed by atoms with E-state index in [-0.39, 0.29) is 5.69 Å². The SMILES string of the molecule is CCC.CCc1nccc(C(N)=O)n1. The molecule has 1 amide bonds. The summed E-state index contributed by atoms with van der Waals surface area (Å²) in [5.74, 6) is 0.128. The van der Waals surface area contributed by atoms with E-state index in [1.165, 1.54) is 18.7 Å². The molecule has 1 heterocycles. The lowest BCUT2D eigenvalue weighted by atomic mass is 10.3. The van der Waals surface area contributed by atoms with Crippen LogP contribution in [-0.2, 0) is 6.42 Å². The second-order valence-electron chi connectivity index (χ2n) is 2.78. The summed E-state index contributed by atoms with van der Waals surface area (Å²) in [6.45, 7) is 6.17. The van der Waals surface area contributed by atoms with Crippen LogP contribution in [0.2, 0.25) is 0 Å². The van der Waals surface area contributed by atoms with Crippen LogP contribution in [0.25, 0.3) is 0 Å². The standard InChI is InChI=1S/C7H9N3O.C3H8/c1-2-6-9-4-3-5(10-6)7(8)11;1-3-2/h3-4H,2H2,1H3,(H2,8,11);3H2,1-2H3. The minimum Gasteiger partial charge on any atom is -0.364 e.